The first-order valence-electron chi connectivity index (χ1n) is 9.39. The molecule has 0 bridgehead atoms. The Labute approximate surface area is 154 Å². The van der Waals surface area contributed by atoms with Gasteiger partial charge in [0.25, 0.3) is 5.91 Å². The summed E-state index contributed by atoms with van der Waals surface area (Å²) in [5.74, 6) is 2.21. The first-order valence-corrected chi connectivity index (χ1v) is 9.39. The number of nitrogens with zero attached hydrogens (tertiary/aromatic N) is 6. The number of aromatic nitrogens is 4. The van der Waals surface area contributed by atoms with Gasteiger partial charge >= 0.3 is 0 Å². The number of carbonyl (C=O) groups is 1. The molecule has 1 amide bonds. The largest absolute Gasteiger partial charge is 0.359 e. The number of fused-ring (bicyclic) bond motifs is 1. The minimum Gasteiger partial charge on any atom is -0.359 e. The summed E-state index contributed by atoms with van der Waals surface area (Å²) in [5, 5.41) is 4.12. The Kier molecular flexibility index (Phi) is 4.38. The summed E-state index contributed by atoms with van der Waals surface area (Å²) < 4.78 is 1.67. The van der Waals surface area contributed by atoms with Gasteiger partial charge in [-0.2, -0.15) is 5.10 Å². The summed E-state index contributed by atoms with van der Waals surface area (Å²) >= 11 is 0. The van der Waals surface area contributed by atoms with Crippen molar-refractivity contribution in [1.82, 2.24) is 24.6 Å². The molecule has 1 saturated heterocycles. The lowest BCUT2D eigenvalue weighted by atomic mass is 9.95. The first-order chi connectivity index (χ1) is 12.5. The van der Waals surface area contributed by atoms with Gasteiger partial charge in [-0.15, -0.1) is 0 Å². The molecule has 4 heterocycles. The molecule has 0 spiro atoms. The van der Waals surface area contributed by atoms with Crippen LogP contribution in [0.4, 0.5) is 5.82 Å². The van der Waals surface area contributed by atoms with Crippen LogP contribution in [-0.2, 0) is 13.5 Å². The lowest BCUT2D eigenvalue weighted by molar-refractivity contribution is 0.0704. The molecule has 0 radical (unpaired) electrons. The zero-order chi connectivity index (χ0) is 18.3. The molecule has 4 rings (SSSR count). The SMILES string of the molecule is Cc1nc(C2CCCN(C(=O)c3cnn(C)c3)C2)nc2c1CCCN2C. The van der Waals surface area contributed by atoms with Crippen molar-refractivity contribution in [2.45, 2.75) is 38.5 Å². The Hall–Kier alpha value is -2.44. The van der Waals surface area contributed by atoms with Crippen LogP contribution in [0, 0.1) is 6.92 Å². The monoisotopic (exact) mass is 354 g/mol. The van der Waals surface area contributed by atoms with E-state index in [0.717, 1.165) is 56.1 Å². The molecule has 2 aromatic heterocycles. The quantitative estimate of drug-likeness (QED) is 0.824. The number of carbonyl (C=O) groups excluding carboxylic acids is 1. The molecular formula is C19H26N6O. The molecule has 1 unspecified atom stereocenters. The van der Waals surface area contributed by atoms with E-state index in [0.29, 0.717) is 12.1 Å². The van der Waals surface area contributed by atoms with Crippen molar-refractivity contribution in [3.05, 3.63) is 35.0 Å². The molecule has 0 aliphatic carbocycles. The molecule has 26 heavy (non-hydrogen) atoms. The van der Waals surface area contributed by atoms with E-state index in [2.05, 4.69) is 24.0 Å². The fourth-order valence-corrected chi connectivity index (χ4v) is 4.08. The van der Waals surface area contributed by atoms with Crippen LogP contribution in [0.15, 0.2) is 12.4 Å². The van der Waals surface area contributed by atoms with Crippen LogP contribution < -0.4 is 4.90 Å². The van der Waals surface area contributed by atoms with Crippen molar-refractivity contribution in [3.8, 4) is 0 Å². The number of rotatable bonds is 2. The van der Waals surface area contributed by atoms with E-state index < -0.39 is 0 Å². The average Bonchev–Trinajstić information content (AvgIpc) is 3.08. The van der Waals surface area contributed by atoms with Gasteiger partial charge in [0.15, 0.2) is 0 Å². The molecule has 7 heteroatoms. The molecule has 138 valence electrons. The molecule has 0 N–H and O–H groups in total. The van der Waals surface area contributed by atoms with Crippen LogP contribution in [-0.4, -0.2) is 57.2 Å². The van der Waals surface area contributed by atoms with E-state index in [1.807, 2.05) is 11.9 Å². The molecule has 0 saturated carbocycles. The summed E-state index contributed by atoms with van der Waals surface area (Å²) in [5.41, 5.74) is 3.02. The number of piperidine rings is 1. The topological polar surface area (TPSA) is 67.2 Å². The number of likely N-dealkylation sites (tertiary alicyclic amines) is 1. The normalized spacial score (nSPS) is 20.2. The minimum absolute atomic E-state index is 0.0506. The molecular weight excluding hydrogens is 328 g/mol. The predicted molar refractivity (Wildman–Crippen MR) is 99.4 cm³/mol. The summed E-state index contributed by atoms with van der Waals surface area (Å²) in [6.45, 7) is 4.59. The fourth-order valence-electron chi connectivity index (χ4n) is 4.08. The molecule has 1 fully saturated rings. The van der Waals surface area contributed by atoms with E-state index in [1.54, 1.807) is 17.1 Å². The molecule has 0 aromatic carbocycles. The Bertz CT molecular complexity index is 829. The Morgan fingerprint density at radius 1 is 1.19 bits per heavy atom. The van der Waals surface area contributed by atoms with Crippen molar-refractivity contribution in [2.24, 2.45) is 7.05 Å². The fraction of sp³-hybridized carbons (Fsp3) is 0.579. The van der Waals surface area contributed by atoms with Crippen LogP contribution in [0.3, 0.4) is 0 Å². The minimum atomic E-state index is 0.0506. The third-order valence-corrected chi connectivity index (χ3v) is 5.52. The maximum atomic E-state index is 12.8. The van der Waals surface area contributed by atoms with Crippen LogP contribution in [0.2, 0.25) is 0 Å². The second-order valence-electron chi connectivity index (χ2n) is 7.49. The standard InChI is InChI=1S/C19H26N6O/c1-13-16-7-5-8-23(2)18(16)22-17(21-13)14-6-4-9-25(12-14)19(26)15-10-20-24(3)11-15/h10-11,14H,4-9,12H2,1-3H3. The average molecular weight is 354 g/mol. The number of hydrogen-bond acceptors (Lipinski definition) is 5. The third kappa shape index (κ3) is 3.06. The van der Waals surface area contributed by atoms with Crippen LogP contribution in [0.25, 0.3) is 0 Å². The van der Waals surface area contributed by atoms with Gasteiger partial charge in [-0.05, 0) is 32.6 Å². The van der Waals surface area contributed by atoms with Crippen LogP contribution >= 0.6 is 0 Å². The van der Waals surface area contributed by atoms with Crippen molar-refractivity contribution in [1.29, 1.82) is 0 Å². The molecule has 2 aliphatic rings. The molecule has 1 atom stereocenters. The van der Waals surface area contributed by atoms with E-state index in [9.17, 15) is 4.79 Å². The lowest BCUT2D eigenvalue weighted by Gasteiger charge is -2.33. The highest BCUT2D eigenvalue weighted by molar-refractivity contribution is 5.93. The van der Waals surface area contributed by atoms with E-state index in [1.165, 1.54) is 5.56 Å². The summed E-state index contributed by atoms with van der Waals surface area (Å²) in [6, 6.07) is 0. The van der Waals surface area contributed by atoms with Gasteiger partial charge in [0.05, 0.1) is 11.8 Å². The number of anilines is 1. The van der Waals surface area contributed by atoms with Crippen LogP contribution in [0.5, 0.6) is 0 Å². The summed E-state index contributed by atoms with van der Waals surface area (Å²) in [4.78, 5) is 26.7. The molecule has 7 nitrogen and oxygen atoms in total. The highest BCUT2D eigenvalue weighted by Crippen LogP contribution is 2.31. The molecule has 2 aliphatic heterocycles. The highest BCUT2D eigenvalue weighted by Gasteiger charge is 2.29. The second-order valence-corrected chi connectivity index (χ2v) is 7.49. The van der Waals surface area contributed by atoms with Crippen LogP contribution in [0.1, 0.15) is 52.6 Å². The number of amides is 1. The van der Waals surface area contributed by atoms with Crippen molar-refractivity contribution in [2.75, 3.05) is 31.6 Å². The highest BCUT2D eigenvalue weighted by atomic mass is 16.2. The number of aryl methyl sites for hydroxylation is 2. The van der Waals surface area contributed by atoms with Crippen molar-refractivity contribution >= 4 is 11.7 Å². The summed E-state index contributed by atoms with van der Waals surface area (Å²) in [6.07, 6.45) is 7.64. The maximum Gasteiger partial charge on any atom is 0.257 e. The Morgan fingerprint density at radius 2 is 2.04 bits per heavy atom. The lowest BCUT2D eigenvalue weighted by Crippen LogP contribution is -2.39. The van der Waals surface area contributed by atoms with Gasteiger partial charge in [-0.25, -0.2) is 9.97 Å². The van der Waals surface area contributed by atoms with Crippen molar-refractivity contribution in [3.63, 3.8) is 0 Å². The maximum absolute atomic E-state index is 12.8. The summed E-state index contributed by atoms with van der Waals surface area (Å²) in [7, 11) is 3.93. The number of hydrogen-bond donors (Lipinski definition) is 0. The van der Waals surface area contributed by atoms with Gasteiger partial charge in [-0.1, -0.05) is 0 Å². The Balaban J connectivity index is 1.57. The zero-order valence-electron chi connectivity index (χ0n) is 15.8. The van der Waals surface area contributed by atoms with Gasteiger partial charge < -0.3 is 9.80 Å². The van der Waals surface area contributed by atoms with Gasteiger partial charge in [0.1, 0.15) is 11.6 Å². The van der Waals surface area contributed by atoms with Gasteiger partial charge in [-0.3, -0.25) is 9.48 Å². The van der Waals surface area contributed by atoms with E-state index in [-0.39, 0.29) is 11.8 Å². The van der Waals surface area contributed by atoms with Crippen molar-refractivity contribution < 1.29 is 4.79 Å². The van der Waals surface area contributed by atoms with Gasteiger partial charge in [0, 0.05) is 57.1 Å². The Morgan fingerprint density at radius 3 is 2.81 bits per heavy atom. The first kappa shape index (κ1) is 17.0. The second kappa shape index (κ2) is 6.70. The third-order valence-electron chi connectivity index (χ3n) is 5.52. The van der Waals surface area contributed by atoms with E-state index >= 15 is 0 Å². The predicted octanol–water partition coefficient (Wildman–Crippen LogP) is 1.92. The molecule has 2 aromatic rings. The zero-order valence-corrected chi connectivity index (χ0v) is 15.8. The smallest absolute Gasteiger partial charge is 0.257 e. The van der Waals surface area contributed by atoms with Gasteiger partial charge in [0.2, 0.25) is 0 Å². The van der Waals surface area contributed by atoms with E-state index in [4.69, 9.17) is 9.97 Å².